The van der Waals surface area contributed by atoms with Crippen LogP contribution in [0.15, 0.2) is 23.4 Å². The first kappa shape index (κ1) is 18.6. The first-order valence-electron chi connectivity index (χ1n) is 7.44. The van der Waals surface area contributed by atoms with Gasteiger partial charge in [0.15, 0.2) is 0 Å². The van der Waals surface area contributed by atoms with Crippen LogP contribution in [0.2, 0.25) is 0 Å². The first-order valence-corrected chi connectivity index (χ1v) is 7.44. The average molecular weight is 241 g/mol. The molecule has 0 unspecified atom stereocenters. The van der Waals surface area contributed by atoms with Crippen LogP contribution in [0, 0.1) is 5.92 Å². The van der Waals surface area contributed by atoms with E-state index in [1.165, 1.54) is 31.3 Å². The van der Waals surface area contributed by atoms with Gasteiger partial charge in [-0.25, -0.2) is 0 Å². The minimum Gasteiger partial charge on any atom is -0.402 e. The van der Waals surface area contributed by atoms with Gasteiger partial charge in [-0.3, -0.25) is 0 Å². The predicted molar refractivity (Wildman–Crippen MR) is 83.1 cm³/mol. The average Bonchev–Trinajstić information content (AvgIpc) is 2.69. The van der Waals surface area contributed by atoms with Gasteiger partial charge in [-0.15, -0.1) is 0 Å². The van der Waals surface area contributed by atoms with Crippen molar-refractivity contribution in [2.24, 2.45) is 11.7 Å². The van der Waals surface area contributed by atoms with Crippen LogP contribution >= 0.6 is 0 Å². The molecule has 0 atom stereocenters. The van der Waals surface area contributed by atoms with Crippen molar-refractivity contribution in [2.75, 3.05) is 0 Å². The van der Waals surface area contributed by atoms with Gasteiger partial charge in [-0.2, -0.15) is 0 Å². The number of hydrogen-bond acceptors (Lipinski definition) is 1. The number of nitrogens with two attached hydrogens (primary N) is 1. The van der Waals surface area contributed by atoms with E-state index in [1.54, 1.807) is 0 Å². The first-order chi connectivity index (χ1) is 8.27. The summed E-state index contributed by atoms with van der Waals surface area (Å²) in [4.78, 5) is 0. The summed E-state index contributed by atoms with van der Waals surface area (Å²) in [7, 11) is 0. The highest BCUT2D eigenvalue weighted by Gasteiger charge is 2.21. The molecule has 0 aliphatic heterocycles. The van der Waals surface area contributed by atoms with E-state index in [-0.39, 0.29) is 1.43 Å². The molecule has 104 valence electrons. The van der Waals surface area contributed by atoms with E-state index >= 15 is 0 Å². The SMILES string of the molecule is CC.CC.CCC.NC1=CC(C2CCC2)=CC1.[HH]. The van der Waals surface area contributed by atoms with Gasteiger partial charge < -0.3 is 5.73 Å². The fourth-order valence-electron chi connectivity index (χ4n) is 1.59. The zero-order chi connectivity index (χ0) is 13.7. The van der Waals surface area contributed by atoms with Gasteiger partial charge in [-0.1, -0.05) is 60.5 Å². The lowest BCUT2D eigenvalue weighted by molar-refractivity contribution is 0.374. The minimum absolute atomic E-state index is 0. The molecule has 1 saturated carbocycles. The maximum Gasteiger partial charge on any atom is 0.0122 e. The van der Waals surface area contributed by atoms with Crippen molar-refractivity contribution in [3.8, 4) is 0 Å². The highest BCUT2D eigenvalue weighted by Crippen LogP contribution is 2.36. The van der Waals surface area contributed by atoms with Gasteiger partial charge in [0.05, 0.1) is 0 Å². The van der Waals surface area contributed by atoms with Crippen LogP contribution in [0.3, 0.4) is 0 Å². The Bertz CT molecular complexity index is 215. The van der Waals surface area contributed by atoms with Crippen molar-refractivity contribution < 1.29 is 1.43 Å². The van der Waals surface area contributed by atoms with Gasteiger partial charge in [0.1, 0.15) is 0 Å². The van der Waals surface area contributed by atoms with E-state index in [4.69, 9.17) is 5.73 Å². The van der Waals surface area contributed by atoms with Crippen LogP contribution in [0.5, 0.6) is 0 Å². The zero-order valence-electron chi connectivity index (χ0n) is 12.8. The molecule has 0 aromatic rings. The molecule has 2 rings (SSSR count). The Kier molecular flexibility index (Phi) is 14.6. The summed E-state index contributed by atoms with van der Waals surface area (Å²) in [5.74, 6) is 0.862. The fraction of sp³-hybridized carbons (Fsp3) is 0.750. The molecular weight excluding hydrogens is 206 g/mol. The van der Waals surface area contributed by atoms with E-state index in [0.717, 1.165) is 18.0 Å². The minimum atomic E-state index is 0. The van der Waals surface area contributed by atoms with Crippen molar-refractivity contribution in [1.82, 2.24) is 0 Å². The quantitative estimate of drug-likeness (QED) is 0.628. The lowest BCUT2D eigenvalue weighted by Crippen LogP contribution is -2.11. The maximum atomic E-state index is 5.65. The van der Waals surface area contributed by atoms with E-state index in [9.17, 15) is 0 Å². The van der Waals surface area contributed by atoms with E-state index in [1.807, 2.05) is 27.7 Å². The molecule has 0 bridgehead atoms. The third-order valence-electron chi connectivity index (χ3n) is 2.50. The van der Waals surface area contributed by atoms with Gasteiger partial charge in [0.2, 0.25) is 0 Å². The Labute approximate surface area is 111 Å². The maximum absolute atomic E-state index is 5.65. The van der Waals surface area contributed by atoms with Crippen LogP contribution in [-0.2, 0) is 0 Å². The molecular formula is C16H35N. The lowest BCUT2D eigenvalue weighted by atomic mass is 9.80. The van der Waals surface area contributed by atoms with E-state index in [2.05, 4.69) is 26.0 Å². The van der Waals surface area contributed by atoms with Crippen molar-refractivity contribution >= 4 is 0 Å². The Balaban J connectivity index is -0.000000245. The van der Waals surface area contributed by atoms with Gasteiger partial charge in [-0.05, 0) is 30.4 Å². The standard InChI is InChI=1S/C9H13N.C3H8.2C2H6.H2/c10-9-5-4-8(6-9)7-2-1-3-7;1-3-2;2*1-2;/h4,6-7H,1-3,5,10H2;3H2,1-2H3;2*1-2H3;1H. The van der Waals surface area contributed by atoms with E-state index < -0.39 is 0 Å². The van der Waals surface area contributed by atoms with Crippen LogP contribution in [0.25, 0.3) is 0 Å². The molecule has 0 heterocycles. The van der Waals surface area contributed by atoms with Crippen LogP contribution < -0.4 is 5.73 Å². The molecule has 0 amide bonds. The Hall–Kier alpha value is -0.720. The molecule has 0 aromatic heterocycles. The molecule has 2 N–H and O–H groups in total. The molecule has 0 aromatic carbocycles. The van der Waals surface area contributed by atoms with E-state index in [0.29, 0.717) is 0 Å². The summed E-state index contributed by atoms with van der Waals surface area (Å²) >= 11 is 0. The van der Waals surface area contributed by atoms with Crippen LogP contribution in [0.4, 0.5) is 0 Å². The van der Waals surface area contributed by atoms with Crippen LogP contribution in [-0.4, -0.2) is 0 Å². The monoisotopic (exact) mass is 241 g/mol. The molecule has 1 nitrogen and oxygen atoms in total. The predicted octanol–water partition coefficient (Wildman–Crippen LogP) is 5.67. The second kappa shape index (κ2) is 13.3. The van der Waals surface area contributed by atoms with Crippen LogP contribution in [0.1, 0.15) is 75.1 Å². The summed E-state index contributed by atoms with van der Waals surface area (Å²) < 4.78 is 0. The number of rotatable bonds is 1. The summed E-state index contributed by atoms with van der Waals surface area (Å²) in [6.45, 7) is 12.2. The molecule has 0 saturated heterocycles. The van der Waals surface area contributed by atoms with Crippen molar-refractivity contribution in [3.05, 3.63) is 23.4 Å². The Morgan fingerprint density at radius 1 is 1.18 bits per heavy atom. The lowest BCUT2D eigenvalue weighted by Gasteiger charge is -2.25. The molecule has 17 heavy (non-hydrogen) atoms. The van der Waals surface area contributed by atoms with Gasteiger partial charge in [0.25, 0.3) is 0 Å². The molecule has 2 aliphatic carbocycles. The summed E-state index contributed by atoms with van der Waals surface area (Å²) in [5, 5.41) is 0. The summed E-state index contributed by atoms with van der Waals surface area (Å²) in [6, 6.07) is 0. The van der Waals surface area contributed by atoms with Crippen molar-refractivity contribution in [2.45, 2.75) is 73.6 Å². The Morgan fingerprint density at radius 3 is 1.88 bits per heavy atom. The normalized spacial score (nSPS) is 16.8. The fourth-order valence-corrected chi connectivity index (χ4v) is 1.59. The molecule has 0 radical (unpaired) electrons. The number of hydrogen-bond donors (Lipinski definition) is 1. The number of allylic oxidation sites excluding steroid dienone is 3. The summed E-state index contributed by atoms with van der Waals surface area (Å²) in [5.41, 5.74) is 8.20. The van der Waals surface area contributed by atoms with Gasteiger partial charge in [0, 0.05) is 13.5 Å². The highest BCUT2D eigenvalue weighted by molar-refractivity contribution is 5.33. The smallest absolute Gasteiger partial charge is 0.0122 e. The molecule has 2 aliphatic rings. The zero-order valence-corrected chi connectivity index (χ0v) is 12.8. The third-order valence-corrected chi connectivity index (χ3v) is 2.50. The van der Waals surface area contributed by atoms with Crippen molar-refractivity contribution in [1.29, 1.82) is 0 Å². The van der Waals surface area contributed by atoms with Gasteiger partial charge >= 0.3 is 0 Å². The second-order valence-corrected chi connectivity index (χ2v) is 3.96. The second-order valence-electron chi connectivity index (χ2n) is 3.96. The topological polar surface area (TPSA) is 26.0 Å². The highest BCUT2D eigenvalue weighted by atomic mass is 14.6. The Morgan fingerprint density at radius 2 is 1.65 bits per heavy atom. The van der Waals surface area contributed by atoms with Crippen molar-refractivity contribution in [3.63, 3.8) is 0 Å². The molecule has 0 spiro atoms. The third kappa shape index (κ3) is 8.06. The molecule has 1 heteroatoms. The molecule has 1 fully saturated rings. The summed E-state index contributed by atoms with van der Waals surface area (Å²) in [6.07, 6.45) is 10.9. The largest absolute Gasteiger partial charge is 0.402 e.